The van der Waals surface area contributed by atoms with Crippen LogP contribution in [0.25, 0.3) is 0 Å². The summed E-state index contributed by atoms with van der Waals surface area (Å²) in [6.45, 7) is 7.05. The van der Waals surface area contributed by atoms with Crippen molar-refractivity contribution in [3.63, 3.8) is 0 Å². The van der Waals surface area contributed by atoms with Gasteiger partial charge >= 0.3 is 0 Å². The lowest BCUT2D eigenvalue weighted by molar-refractivity contribution is 0.407. The molecule has 2 rings (SSSR count). The highest BCUT2D eigenvalue weighted by molar-refractivity contribution is 7.89. The molecule has 96 valence electrons. The summed E-state index contributed by atoms with van der Waals surface area (Å²) in [6, 6.07) is 0. The van der Waals surface area contributed by atoms with Gasteiger partial charge in [0.25, 0.3) is 10.0 Å². The summed E-state index contributed by atoms with van der Waals surface area (Å²) in [6.07, 6.45) is 1.88. The number of aryl methyl sites for hydroxylation is 1. The molecule has 1 aliphatic rings. The number of rotatable bonds is 3. The number of nitrogens with zero attached hydrogens (tertiary/aromatic N) is 2. The summed E-state index contributed by atoms with van der Waals surface area (Å²) < 4.78 is 28.6. The van der Waals surface area contributed by atoms with Crippen molar-refractivity contribution in [1.82, 2.24) is 14.3 Å². The molecular formula is C11H19N3O2S. The van der Waals surface area contributed by atoms with E-state index in [1.54, 1.807) is 6.92 Å². The van der Waals surface area contributed by atoms with Crippen molar-refractivity contribution < 1.29 is 8.42 Å². The molecule has 0 saturated carbocycles. The van der Waals surface area contributed by atoms with Gasteiger partial charge < -0.3 is 4.57 Å². The van der Waals surface area contributed by atoms with E-state index >= 15 is 0 Å². The smallest absolute Gasteiger partial charge is 0.259 e. The quantitative estimate of drug-likeness (QED) is 0.881. The fraction of sp³-hybridized carbons (Fsp3) is 0.727. The largest absolute Gasteiger partial charge is 0.331 e. The molecule has 0 amide bonds. The molecule has 1 unspecified atom stereocenters. The molecule has 1 aromatic heterocycles. The molecule has 0 saturated heterocycles. The van der Waals surface area contributed by atoms with E-state index in [2.05, 4.69) is 16.6 Å². The van der Waals surface area contributed by atoms with E-state index < -0.39 is 10.0 Å². The van der Waals surface area contributed by atoms with Gasteiger partial charge in [-0.2, -0.15) is 0 Å². The molecule has 5 nitrogen and oxygen atoms in total. The van der Waals surface area contributed by atoms with Crippen LogP contribution in [0, 0.1) is 12.8 Å². The topological polar surface area (TPSA) is 64.0 Å². The van der Waals surface area contributed by atoms with Crippen LogP contribution in [-0.4, -0.2) is 24.5 Å². The summed E-state index contributed by atoms with van der Waals surface area (Å²) in [5.74, 6) is 1.32. The lowest BCUT2D eigenvalue weighted by atomic mass is 9.99. The van der Waals surface area contributed by atoms with Crippen LogP contribution in [-0.2, 0) is 23.0 Å². The molecule has 6 heteroatoms. The summed E-state index contributed by atoms with van der Waals surface area (Å²) in [7, 11) is -3.44. The number of imidazole rings is 1. The summed E-state index contributed by atoms with van der Waals surface area (Å²) >= 11 is 0. The minimum absolute atomic E-state index is 0.225. The standard InChI is InChI=1S/C11H19N3O2S/c1-4-12-17(15,16)11-10-7-8(2)5-6-14(10)9(3)13-11/h8,12H,4-7H2,1-3H3. The molecular weight excluding hydrogens is 238 g/mol. The number of sulfonamides is 1. The molecule has 1 aliphatic heterocycles. The third-order valence-electron chi connectivity index (χ3n) is 3.20. The van der Waals surface area contributed by atoms with Gasteiger partial charge in [-0.15, -0.1) is 0 Å². The minimum atomic E-state index is -3.44. The lowest BCUT2D eigenvalue weighted by Crippen LogP contribution is -2.26. The van der Waals surface area contributed by atoms with Crippen molar-refractivity contribution in [1.29, 1.82) is 0 Å². The number of nitrogens with one attached hydrogen (secondary N) is 1. The number of hydrogen-bond donors (Lipinski definition) is 1. The Hall–Kier alpha value is -0.880. The maximum absolute atomic E-state index is 12.0. The van der Waals surface area contributed by atoms with Gasteiger partial charge in [-0.3, -0.25) is 0 Å². The van der Waals surface area contributed by atoms with Gasteiger partial charge in [-0.05, 0) is 25.7 Å². The van der Waals surface area contributed by atoms with E-state index in [1.807, 2.05) is 11.5 Å². The zero-order valence-electron chi connectivity index (χ0n) is 10.5. The molecule has 0 bridgehead atoms. The van der Waals surface area contributed by atoms with Crippen LogP contribution in [0.1, 0.15) is 31.8 Å². The second-order valence-electron chi connectivity index (χ2n) is 4.66. The fourth-order valence-corrected chi connectivity index (χ4v) is 3.60. The molecule has 0 aliphatic carbocycles. The second-order valence-corrected chi connectivity index (χ2v) is 6.34. The summed E-state index contributed by atoms with van der Waals surface area (Å²) in [5.41, 5.74) is 0.863. The SMILES string of the molecule is CCNS(=O)(=O)c1nc(C)n2c1CC(C)CC2. The third-order valence-corrected chi connectivity index (χ3v) is 4.71. The maximum atomic E-state index is 12.0. The van der Waals surface area contributed by atoms with Crippen molar-refractivity contribution in [2.24, 2.45) is 5.92 Å². The highest BCUT2D eigenvalue weighted by atomic mass is 32.2. The van der Waals surface area contributed by atoms with Crippen LogP contribution in [0.3, 0.4) is 0 Å². The molecule has 17 heavy (non-hydrogen) atoms. The summed E-state index contributed by atoms with van der Waals surface area (Å²) in [4.78, 5) is 4.23. The lowest BCUT2D eigenvalue weighted by Gasteiger charge is -2.21. The first-order chi connectivity index (χ1) is 7.95. The van der Waals surface area contributed by atoms with Gasteiger partial charge in [0.05, 0.1) is 5.69 Å². The van der Waals surface area contributed by atoms with Crippen molar-refractivity contribution in [2.45, 2.75) is 45.2 Å². The van der Waals surface area contributed by atoms with E-state index in [4.69, 9.17) is 0 Å². The zero-order valence-corrected chi connectivity index (χ0v) is 11.3. The van der Waals surface area contributed by atoms with E-state index in [0.29, 0.717) is 12.5 Å². The molecule has 1 aromatic rings. The molecule has 0 spiro atoms. The third kappa shape index (κ3) is 2.24. The predicted molar refractivity (Wildman–Crippen MR) is 65.3 cm³/mol. The monoisotopic (exact) mass is 257 g/mol. The normalized spacial score (nSPS) is 20.3. The van der Waals surface area contributed by atoms with Crippen LogP contribution < -0.4 is 4.72 Å². The van der Waals surface area contributed by atoms with Crippen molar-refractivity contribution >= 4 is 10.0 Å². The Labute approximate surface area is 102 Å². The fourth-order valence-electron chi connectivity index (χ4n) is 2.33. The first kappa shape index (κ1) is 12.6. The number of hydrogen-bond acceptors (Lipinski definition) is 3. The predicted octanol–water partition coefficient (Wildman–Crippen LogP) is 1.07. The van der Waals surface area contributed by atoms with Gasteiger partial charge in [0.1, 0.15) is 5.82 Å². The van der Waals surface area contributed by atoms with Gasteiger partial charge in [-0.1, -0.05) is 13.8 Å². The van der Waals surface area contributed by atoms with Crippen LogP contribution in [0.2, 0.25) is 0 Å². The Balaban J connectivity index is 2.50. The Morgan fingerprint density at radius 2 is 2.24 bits per heavy atom. The highest BCUT2D eigenvalue weighted by Crippen LogP contribution is 2.26. The molecule has 0 fully saturated rings. The Morgan fingerprint density at radius 1 is 1.53 bits per heavy atom. The average Bonchev–Trinajstić information content (AvgIpc) is 2.56. The average molecular weight is 257 g/mol. The number of fused-ring (bicyclic) bond motifs is 1. The second kappa shape index (κ2) is 4.42. The van der Waals surface area contributed by atoms with Gasteiger partial charge in [0, 0.05) is 13.1 Å². The Kier molecular flexibility index (Phi) is 3.27. The van der Waals surface area contributed by atoms with E-state index in [-0.39, 0.29) is 5.03 Å². The van der Waals surface area contributed by atoms with Gasteiger partial charge in [0.15, 0.2) is 5.03 Å². The van der Waals surface area contributed by atoms with Crippen LogP contribution in [0.4, 0.5) is 0 Å². The molecule has 1 N–H and O–H groups in total. The first-order valence-corrected chi connectivity index (χ1v) is 7.49. The molecule has 0 radical (unpaired) electrons. The van der Waals surface area contributed by atoms with Crippen molar-refractivity contribution in [3.8, 4) is 0 Å². The molecule has 2 heterocycles. The first-order valence-electron chi connectivity index (χ1n) is 6.01. The van der Waals surface area contributed by atoms with Gasteiger partial charge in [0.2, 0.25) is 0 Å². The van der Waals surface area contributed by atoms with E-state index in [9.17, 15) is 8.42 Å². The van der Waals surface area contributed by atoms with Crippen LogP contribution >= 0.6 is 0 Å². The minimum Gasteiger partial charge on any atom is -0.331 e. The van der Waals surface area contributed by atoms with Crippen LogP contribution in [0.15, 0.2) is 5.03 Å². The highest BCUT2D eigenvalue weighted by Gasteiger charge is 2.28. The maximum Gasteiger partial charge on any atom is 0.259 e. The van der Waals surface area contributed by atoms with Crippen molar-refractivity contribution in [3.05, 3.63) is 11.5 Å². The summed E-state index contributed by atoms with van der Waals surface area (Å²) in [5, 5.41) is 0.225. The number of aromatic nitrogens is 2. The van der Waals surface area contributed by atoms with Crippen LogP contribution in [0.5, 0.6) is 0 Å². The van der Waals surface area contributed by atoms with E-state index in [1.165, 1.54) is 0 Å². The molecule has 0 aromatic carbocycles. The molecule has 1 atom stereocenters. The Bertz CT molecular complexity index is 519. The van der Waals surface area contributed by atoms with E-state index in [0.717, 1.165) is 30.9 Å². The Morgan fingerprint density at radius 3 is 2.88 bits per heavy atom. The van der Waals surface area contributed by atoms with Gasteiger partial charge in [-0.25, -0.2) is 18.1 Å². The van der Waals surface area contributed by atoms with Crippen molar-refractivity contribution in [2.75, 3.05) is 6.54 Å². The zero-order chi connectivity index (χ0) is 12.6.